The van der Waals surface area contributed by atoms with Crippen molar-refractivity contribution < 1.29 is 4.79 Å². The summed E-state index contributed by atoms with van der Waals surface area (Å²) in [7, 11) is 0. The molecule has 2 nitrogen and oxygen atoms in total. The van der Waals surface area contributed by atoms with Crippen molar-refractivity contribution in [1.82, 2.24) is 4.90 Å². The largest absolute Gasteiger partial charge is 0.334 e. The van der Waals surface area contributed by atoms with Crippen molar-refractivity contribution in [1.29, 1.82) is 0 Å². The third-order valence-corrected chi connectivity index (χ3v) is 3.58. The van der Waals surface area contributed by atoms with Crippen LogP contribution in [0.25, 0.3) is 0 Å². The highest BCUT2D eigenvalue weighted by Gasteiger charge is 2.28. The second-order valence-corrected chi connectivity index (χ2v) is 5.10. The number of carbonyl (C=O) groups is 1. The van der Waals surface area contributed by atoms with Gasteiger partial charge in [-0.2, -0.15) is 0 Å². The van der Waals surface area contributed by atoms with E-state index in [9.17, 15) is 4.79 Å². The fourth-order valence-electron chi connectivity index (χ4n) is 2.03. The summed E-state index contributed by atoms with van der Waals surface area (Å²) >= 11 is 11.7. The van der Waals surface area contributed by atoms with Crippen LogP contribution in [-0.2, 0) is 0 Å². The number of rotatable bonds is 4. The van der Waals surface area contributed by atoms with Gasteiger partial charge in [0.25, 0.3) is 5.91 Å². The van der Waals surface area contributed by atoms with Gasteiger partial charge in [0.15, 0.2) is 0 Å². The molecule has 17 heavy (non-hydrogen) atoms. The van der Waals surface area contributed by atoms with Crippen LogP contribution in [0.2, 0.25) is 5.02 Å². The summed E-state index contributed by atoms with van der Waals surface area (Å²) in [5, 5.41) is 0.593. The molecule has 0 aromatic heterocycles. The molecule has 0 radical (unpaired) electrons. The van der Waals surface area contributed by atoms with E-state index in [0.29, 0.717) is 29.1 Å². The quantitative estimate of drug-likeness (QED) is 0.767. The molecule has 4 heteroatoms. The molecule has 1 amide bonds. The number of nitrogens with zero attached hydrogens (tertiary/aromatic N) is 1. The predicted octanol–water partition coefficient (Wildman–Crippen LogP) is 3.57. The zero-order valence-corrected chi connectivity index (χ0v) is 11.0. The molecule has 1 aliphatic carbocycles. The Bertz CT molecular complexity index is 404. The molecule has 0 N–H and O–H groups in total. The second-order valence-electron chi connectivity index (χ2n) is 4.28. The van der Waals surface area contributed by atoms with Gasteiger partial charge in [0, 0.05) is 29.1 Å². The van der Waals surface area contributed by atoms with Crippen LogP contribution >= 0.6 is 23.2 Å². The lowest BCUT2D eigenvalue weighted by Gasteiger charge is -2.37. The van der Waals surface area contributed by atoms with Gasteiger partial charge in [-0.05, 0) is 37.5 Å². The lowest BCUT2D eigenvalue weighted by molar-refractivity contribution is 0.0598. The summed E-state index contributed by atoms with van der Waals surface area (Å²) in [6.07, 6.45) is 3.37. The van der Waals surface area contributed by atoms with Crippen LogP contribution in [0.1, 0.15) is 29.6 Å². The molecule has 1 fully saturated rings. The highest BCUT2D eigenvalue weighted by atomic mass is 35.5. The van der Waals surface area contributed by atoms with E-state index in [1.165, 1.54) is 6.42 Å². The van der Waals surface area contributed by atoms with Crippen molar-refractivity contribution in [3.05, 3.63) is 34.9 Å². The Morgan fingerprint density at radius 3 is 2.71 bits per heavy atom. The Kier molecular flexibility index (Phi) is 4.30. The first-order chi connectivity index (χ1) is 8.22. The van der Waals surface area contributed by atoms with Crippen LogP contribution in [0.15, 0.2) is 24.3 Å². The summed E-state index contributed by atoms with van der Waals surface area (Å²) in [5.74, 6) is 0.515. The minimum absolute atomic E-state index is 0.0397. The minimum Gasteiger partial charge on any atom is -0.334 e. The smallest absolute Gasteiger partial charge is 0.254 e. The molecule has 1 aromatic carbocycles. The van der Waals surface area contributed by atoms with Gasteiger partial charge in [0.05, 0.1) is 0 Å². The molecule has 92 valence electrons. The lowest BCUT2D eigenvalue weighted by Crippen LogP contribution is -2.45. The number of halogens is 2. The average Bonchev–Trinajstić information content (AvgIpc) is 2.25. The Hall–Kier alpha value is -0.730. The summed E-state index contributed by atoms with van der Waals surface area (Å²) in [4.78, 5) is 14.2. The van der Waals surface area contributed by atoms with Crippen molar-refractivity contribution in [3.63, 3.8) is 0 Å². The number of carbonyl (C=O) groups excluding carboxylic acids is 1. The molecule has 0 atom stereocenters. The predicted molar refractivity (Wildman–Crippen MR) is 70.8 cm³/mol. The monoisotopic (exact) mass is 271 g/mol. The van der Waals surface area contributed by atoms with Crippen molar-refractivity contribution in [2.75, 3.05) is 12.4 Å². The first-order valence-corrected chi connectivity index (χ1v) is 6.76. The van der Waals surface area contributed by atoms with Gasteiger partial charge in [0.1, 0.15) is 0 Å². The maximum Gasteiger partial charge on any atom is 0.254 e. The zero-order valence-electron chi connectivity index (χ0n) is 9.53. The van der Waals surface area contributed by atoms with E-state index in [0.717, 1.165) is 12.8 Å². The van der Waals surface area contributed by atoms with E-state index in [1.54, 1.807) is 24.3 Å². The van der Waals surface area contributed by atoms with E-state index in [2.05, 4.69) is 0 Å². The van der Waals surface area contributed by atoms with Gasteiger partial charge in [-0.15, -0.1) is 11.6 Å². The van der Waals surface area contributed by atoms with E-state index >= 15 is 0 Å². The number of hydrogen-bond donors (Lipinski definition) is 0. The van der Waals surface area contributed by atoms with Gasteiger partial charge in [0.2, 0.25) is 0 Å². The molecule has 1 saturated carbocycles. The van der Waals surface area contributed by atoms with Crippen LogP contribution in [0.3, 0.4) is 0 Å². The summed E-state index contributed by atoms with van der Waals surface area (Å²) < 4.78 is 0. The van der Waals surface area contributed by atoms with Gasteiger partial charge >= 0.3 is 0 Å². The topological polar surface area (TPSA) is 20.3 Å². The molecular formula is C13H15Cl2NO. The molecule has 1 aliphatic rings. The Labute approximate surface area is 112 Å². The zero-order chi connectivity index (χ0) is 12.3. The highest BCUT2D eigenvalue weighted by molar-refractivity contribution is 6.31. The number of hydrogen-bond acceptors (Lipinski definition) is 1. The third-order valence-electron chi connectivity index (χ3n) is 3.17. The normalized spacial score (nSPS) is 15.4. The Morgan fingerprint density at radius 2 is 2.18 bits per heavy atom. The minimum atomic E-state index is 0.0397. The van der Waals surface area contributed by atoms with Crippen molar-refractivity contribution in [2.24, 2.45) is 0 Å². The fraction of sp³-hybridized carbons (Fsp3) is 0.462. The lowest BCUT2D eigenvalue weighted by atomic mass is 9.91. The van der Waals surface area contributed by atoms with Gasteiger partial charge < -0.3 is 4.90 Å². The van der Waals surface area contributed by atoms with E-state index in [4.69, 9.17) is 23.2 Å². The molecule has 1 aromatic rings. The van der Waals surface area contributed by atoms with Crippen LogP contribution in [0.4, 0.5) is 0 Å². The Morgan fingerprint density at radius 1 is 1.41 bits per heavy atom. The second kappa shape index (κ2) is 5.74. The van der Waals surface area contributed by atoms with Crippen LogP contribution < -0.4 is 0 Å². The number of amides is 1. The fourth-order valence-corrected chi connectivity index (χ4v) is 2.40. The Balaban J connectivity index is 2.15. The van der Waals surface area contributed by atoms with Crippen molar-refractivity contribution in [2.45, 2.75) is 25.3 Å². The molecule has 0 unspecified atom stereocenters. The molecule has 0 spiro atoms. The number of alkyl halides is 1. The molecule has 0 aliphatic heterocycles. The highest BCUT2D eigenvalue weighted by Crippen LogP contribution is 2.26. The first-order valence-electron chi connectivity index (χ1n) is 5.85. The van der Waals surface area contributed by atoms with Gasteiger partial charge in [-0.1, -0.05) is 17.7 Å². The third kappa shape index (κ3) is 2.93. The van der Waals surface area contributed by atoms with Gasteiger partial charge in [-0.3, -0.25) is 4.79 Å². The molecule has 0 heterocycles. The van der Waals surface area contributed by atoms with Crippen LogP contribution in [0.5, 0.6) is 0 Å². The summed E-state index contributed by atoms with van der Waals surface area (Å²) in [5.41, 5.74) is 0.648. The number of benzene rings is 1. The summed E-state index contributed by atoms with van der Waals surface area (Å²) in [6, 6.07) is 7.45. The standard InChI is InChI=1S/C13H15Cl2NO/c14-7-8-16(12-5-2-6-12)13(17)10-3-1-4-11(15)9-10/h1,3-4,9,12H,2,5-8H2. The maximum atomic E-state index is 12.3. The van der Waals surface area contributed by atoms with Gasteiger partial charge in [-0.25, -0.2) is 0 Å². The molecular weight excluding hydrogens is 257 g/mol. The molecule has 2 rings (SSSR count). The molecule has 0 saturated heterocycles. The van der Waals surface area contributed by atoms with Crippen molar-refractivity contribution >= 4 is 29.1 Å². The first kappa shape index (κ1) is 12.7. The van der Waals surface area contributed by atoms with E-state index in [1.807, 2.05) is 4.90 Å². The molecule has 0 bridgehead atoms. The maximum absolute atomic E-state index is 12.3. The SMILES string of the molecule is O=C(c1cccc(Cl)c1)N(CCCl)C1CCC1. The average molecular weight is 272 g/mol. The van der Waals surface area contributed by atoms with Crippen molar-refractivity contribution in [3.8, 4) is 0 Å². The van der Waals surface area contributed by atoms with E-state index in [-0.39, 0.29) is 5.91 Å². The summed E-state index contributed by atoms with van der Waals surface area (Å²) in [6.45, 7) is 0.609. The van der Waals surface area contributed by atoms with Crippen LogP contribution in [-0.4, -0.2) is 29.3 Å². The van der Waals surface area contributed by atoms with E-state index < -0.39 is 0 Å². The van der Waals surface area contributed by atoms with Crippen LogP contribution in [0, 0.1) is 0 Å².